The molecule has 27 heavy (non-hydrogen) atoms. The van der Waals surface area contributed by atoms with E-state index in [4.69, 9.17) is 22.1 Å². The van der Waals surface area contributed by atoms with Crippen molar-refractivity contribution in [1.82, 2.24) is 4.57 Å². The Balaban J connectivity index is 2.19. The Morgan fingerprint density at radius 3 is 2.67 bits per heavy atom. The average molecular weight is 382 g/mol. The first-order valence-corrected chi connectivity index (χ1v) is 8.46. The molecule has 0 fully saturated rings. The first kappa shape index (κ1) is 17.1. The van der Waals surface area contributed by atoms with Gasteiger partial charge in [0, 0.05) is 23.0 Å². The molecule has 1 aromatic heterocycles. The van der Waals surface area contributed by atoms with Crippen LogP contribution in [0.15, 0.2) is 58.7 Å². The molecule has 0 saturated heterocycles. The van der Waals surface area contributed by atoms with E-state index in [1.165, 1.54) is 22.8 Å². The second kappa shape index (κ2) is 6.15. The lowest BCUT2D eigenvalue weighted by atomic mass is 9.83. The number of allylic oxidation sites excluding steroid dienone is 1. The van der Waals surface area contributed by atoms with Gasteiger partial charge < -0.3 is 15.0 Å². The van der Waals surface area contributed by atoms with E-state index in [2.05, 4.69) is 0 Å². The second-order valence-electron chi connectivity index (χ2n) is 6.18. The normalized spacial score (nSPS) is 16.0. The monoisotopic (exact) mass is 381 g/mol. The van der Waals surface area contributed by atoms with E-state index in [0.29, 0.717) is 10.9 Å². The van der Waals surface area contributed by atoms with Crippen molar-refractivity contribution in [3.63, 3.8) is 0 Å². The van der Waals surface area contributed by atoms with Crippen LogP contribution < -0.4 is 16.0 Å². The zero-order valence-electron chi connectivity index (χ0n) is 14.2. The summed E-state index contributed by atoms with van der Waals surface area (Å²) in [6.07, 6.45) is 0. The zero-order valence-corrected chi connectivity index (χ0v) is 14.9. The summed E-state index contributed by atoms with van der Waals surface area (Å²) >= 11 is 6.25. The van der Waals surface area contributed by atoms with Crippen LogP contribution in [0.1, 0.15) is 17.0 Å². The van der Waals surface area contributed by atoms with E-state index in [1.807, 2.05) is 6.07 Å². The molecule has 2 aromatic carbocycles. The Morgan fingerprint density at radius 2 is 1.96 bits per heavy atom. The Hall–Kier alpha value is -3.30. The highest BCUT2D eigenvalue weighted by Crippen LogP contribution is 2.45. The fourth-order valence-electron chi connectivity index (χ4n) is 3.50. The summed E-state index contributed by atoms with van der Waals surface area (Å²) < 4.78 is 21.8. The fourth-order valence-corrected chi connectivity index (χ4v) is 3.77. The maximum Gasteiger partial charge on any atom is 0.258 e. The minimum absolute atomic E-state index is 0.0237. The van der Waals surface area contributed by atoms with Gasteiger partial charge in [-0.1, -0.05) is 29.8 Å². The lowest BCUT2D eigenvalue weighted by Crippen LogP contribution is -2.31. The second-order valence-corrected chi connectivity index (χ2v) is 6.59. The number of nitrogens with zero attached hydrogens (tertiary/aromatic N) is 2. The van der Waals surface area contributed by atoms with Gasteiger partial charge in [-0.3, -0.25) is 4.79 Å². The lowest BCUT2D eigenvalue weighted by Gasteiger charge is -2.28. The predicted molar refractivity (Wildman–Crippen MR) is 99.9 cm³/mol. The highest BCUT2D eigenvalue weighted by molar-refractivity contribution is 6.31. The molecule has 1 aliphatic rings. The number of aryl methyl sites for hydroxylation is 1. The highest BCUT2D eigenvalue weighted by Gasteiger charge is 2.37. The molecule has 0 spiro atoms. The van der Waals surface area contributed by atoms with Crippen molar-refractivity contribution in [2.45, 2.75) is 5.92 Å². The molecule has 2 N–H and O–H groups in total. The number of nitriles is 1. The van der Waals surface area contributed by atoms with Gasteiger partial charge in [-0.05, 0) is 24.3 Å². The van der Waals surface area contributed by atoms with E-state index < -0.39 is 17.3 Å². The summed E-state index contributed by atoms with van der Waals surface area (Å²) in [7, 11) is 1.61. The smallest absolute Gasteiger partial charge is 0.258 e. The van der Waals surface area contributed by atoms with Crippen molar-refractivity contribution >= 4 is 22.5 Å². The van der Waals surface area contributed by atoms with Crippen molar-refractivity contribution in [2.24, 2.45) is 12.8 Å². The van der Waals surface area contributed by atoms with Crippen LogP contribution in [0.4, 0.5) is 4.39 Å². The number of aromatic nitrogens is 1. The van der Waals surface area contributed by atoms with Crippen LogP contribution in [0.3, 0.4) is 0 Å². The summed E-state index contributed by atoms with van der Waals surface area (Å²) in [6.45, 7) is 0. The van der Waals surface area contributed by atoms with Gasteiger partial charge in [0.25, 0.3) is 5.56 Å². The van der Waals surface area contributed by atoms with Crippen molar-refractivity contribution in [2.75, 3.05) is 0 Å². The highest BCUT2D eigenvalue weighted by atomic mass is 35.5. The molecular formula is C20H13ClFN3O2. The number of ether oxygens (including phenoxy) is 1. The lowest BCUT2D eigenvalue weighted by molar-refractivity contribution is 0.394. The van der Waals surface area contributed by atoms with E-state index in [1.54, 1.807) is 31.3 Å². The SMILES string of the molecule is Cn1c(=O)c2c(c3ccccc31)OC(N)=C(C#N)[C@@H]2c1c(F)cccc1Cl. The molecular weight excluding hydrogens is 369 g/mol. The van der Waals surface area contributed by atoms with E-state index in [-0.39, 0.29) is 33.4 Å². The van der Waals surface area contributed by atoms with Crippen LogP contribution in [-0.2, 0) is 7.05 Å². The minimum atomic E-state index is -1.06. The first-order chi connectivity index (χ1) is 13.0. The average Bonchev–Trinajstić information content (AvgIpc) is 2.65. The number of hydrogen-bond acceptors (Lipinski definition) is 4. The Kier molecular flexibility index (Phi) is 3.90. The van der Waals surface area contributed by atoms with Crippen molar-refractivity contribution < 1.29 is 9.13 Å². The molecule has 4 rings (SSSR count). The molecule has 0 bridgehead atoms. The van der Waals surface area contributed by atoms with Crippen LogP contribution in [-0.4, -0.2) is 4.57 Å². The number of pyridine rings is 1. The van der Waals surface area contributed by atoms with Crippen LogP contribution in [0.5, 0.6) is 5.75 Å². The molecule has 0 radical (unpaired) electrons. The summed E-state index contributed by atoms with van der Waals surface area (Å²) in [5.41, 5.74) is 6.30. The number of hydrogen-bond donors (Lipinski definition) is 1. The molecule has 2 heterocycles. The summed E-state index contributed by atoms with van der Waals surface area (Å²) in [4.78, 5) is 13.1. The third-order valence-corrected chi connectivity index (χ3v) is 5.08. The van der Waals surface area contributed by atoms with Gasteiger partial charge in [0.1, 0.15) is 23.2 Å². The molecule has 5 nitrogen and oxygen atoms in total. The van der Waals surface area contributed by atoms with Crippen molar-refractivity contribution in [3.05, 3.63) is 86.2 Å². The largest absolute Gasteiger partial charge is 0.439 e. The molecule has 3 aromatic rings. The van der Waals surface area contributed by atoms with Crippen molar-refractivity contribution in [3.8, 4) is 11.8 Å². The van der Waals surface area contributed by atoms with E-state index in [0.717, 1.165) is 0 Å². The molecule has 0 aliphatic carbocycles. The topological polar surface area (TPSA) is 81.0 Å². The van der Waals surface area contributed by atoms with Gasteiger partial charge in [-0.15, -0.1) is 0 Å². The molecule has 7 heteroatoms. The van der Waals surface area contributed by atoms with Crippen molar-refractivity contribution in [1.29, 1.82) is 5.26 Å². The Bertz CT molecular complexity index is 1220. The van der Waals surface area contributed by atoms with Gasteiger partial charge >= 0.3 is 0 Å². The van der Waals surface area contributed by atoms with Crippen LogP contribution in [0, 0.1) is 17.1 Å². The number of halogens is 2. The van der Waals surface area contributed by atoms with Crippen LogP contribution in [0.2, 0.25) is 5.02 Å². The standard InChI is InChI=1S/C20H13ClFN3O2/c1-25-14-8-3-2-5-10(14)18-17(20(25)26)15(11(9-23)19(24)27-18)16-12(21)6-4-7-13(16)22/h2-8,15H,24H2,1H3/t15-/m1/s1. The van der Waals surface area contributed by atoms with E-state index in [9.17, 15) is 14.4 Å². The molecule has 134 valence electrons. The fraction of sp³-hybridized carbons (Fsp3) is 0.100. The maximum absolute atomic E-state index is 14.7. The van der Waals surface area contributed by atoms with Crippen LogP contribution >= 0.6 is 11.6 Å². The number of rotatable bonds is 1. The Morgan fingerprint density at radius 1 is 1.22 bits per heavy atom. The number of nitrogens with two attached hydrogens (primary N) is 1. The quantitative estimate of drug-likeness (QED) is 0.699. The molecule has 0 unspecified atom stereocenters. The first-order valence-electron chi connectivity index (χ1n) is 8.08. The minimum Gasteiger partial charge on any atom is -0.439 e. The Labute approximate surface area is 158 Å². The molecule has 0 amide bonds. The summed E-state index contributed by atoms with van der Waals surface area (Å²) in [5.74, 6) is -1.64. The zero-order chi connectivity index (χ0) is 19.3. The van der Waals surface area contributed by atoms with Gasteiger partial charge in [0.2, 0.25) is 5.88 Å². The number of fused-ring (bicyclic) bond motifs is 3. The molecule has 0 saturated carbocycles. The van der Waals surface area contributed by atoms with Gasteiger partial charge in [0.05, 0.1) is 17.0 Å². The van der Waals surface area contributed by atoms with Crippen LogP contribution in [0.25, 0.3) is 10.9 Å². The number of para-hydroxylation sites is 1. The maximum atomic E-state index is 14.7. The van der Waals surface area contributed by atoms with Gasteiger partial charge in [-0.25, -0.2) is 4.39 Å². The molecule has 1 atom stereocenters. The summed E-state index contributed by atoms with van der Waals surface area (Å²) in [6, 6.07) is 13.3. The summed E-state index contributed by atoms with van der Waals surface area (Å²) in [5, 5.41) is 10.4. The van der Waals surface area contributed by atoms with Gasteiger partial charge in [-0.2, -0.15) is 5.26 Å². The third kappa shape index (κ3) is 2.40. The van der Waals surface area contributed by atoms with E-state index >= 15 is 0 Å². The van der Waals surface area contributed by atoms with Gasteiger partial charge in [0.15, 0.2) is 0 Å². The molecule has 1 aliphatic heterocycles. The number of benzene rings is 2. The predicted octanol–water partition coefficient (Wildman–Crippen LogP) is 3.55. The third-order valence-electron chi connectivity index (χ3n) is 4.75.